The Balaban J connectivity index is 1.24. The van der Waals surface area contributed by atoms with Gasteiger partial charge in [0, 0.05) is 69.1 Å². The van der Waals surface area contributed by atoms with E-state index in [9.17, 15) is 0 Å². The first-order chi connectivity index (χ1) is 16.1. The van der Waals surface area contributed by atoms with Gasteiger partial charge in [-0.1, -0.05) is 32.8 Å². The zero-order chi connectivity index (χ0) is 22.8. The van der Waals surface area contributed by atoms with Crippen molar-refractivity contribution in [2.75, 3.05) is 36.0 Å². The standard InChI is InChI=1S/C25H32N8/c1-4-19(5-2)12-20-13-26-25(27-14-20)32-10-8-31(9-11-32)24-16-29-33-18-21(6-7-23(24)33)22-15-28-30(3)17-22/h6-7,13-19H,4-5,8-12H2,1-3H3. The number of pyridine rings is 1. The molecule has 0 bridgehead atoms. The predicted octanol–water partition coefficient (Wildman–Crippen LogP) is 3.83. The van der Waals surface area contributed by atoms with E-state index in [0.717, 1.165) is 55.2 Å². The minimum absolute atomic E-state index is 0.717. The van der Waals surface area contributed by atoms with Gasteiger partial charge in [-0.15, -0.1) is 0 Å². The third kappa shape index (κ3) is 4.42. The van der Waals surface area contributed by atoms with Crippen LogP contribution in [-0.4, -0.2) is 55.5 Å². The third-order valence-corrected chi connectivity index (χ3v) is 6.81. The second-order valence-electron chi connectivity index (χ2n) is 8.93. The van der Waals surface area contributed by atoms with Crippen LogP contribution in [0.2, 0.25) is 0 Å². The van der Waals surface area contributed by atoms with Gasteiger partial charge in [0.2, 0.25) is 5.95 Å². The van der Waals surface area contributed by atoms with E-state index >= 15 is 0 Å². The second-order valence-corrected chi connectivity index (χ2v) is 8.93. The highest BCUT2D eigenvalue weighted by molar-refractivity contribution is 5.75. The second kappa shape index (κ2) is 9.21. The predicted molar refractivity (Wildman–Crippen MR) is 132 cm³/mol. The zero-order valence-corrected chi connectivity index (χ0v) is 19.7. The number of hydrogen-bond donors (Lipinski definition) is 0. The van der Waals surface area contributed by atoms with Gasteiger partial charge in [-0.25, -0.2) is 14.5 Å². The smallest absolute Gasteiger partial charge is 0.225 e. The maximum absolute atomic E-state index is 4.67. The Hall–Kier alpha value is -3.42. The first kappa shape index (κ1) is 21.4. The van der Waals surface area contributed by atoms with Crippen molar-refractivity contribution in [3.8, 4) is 11.1 Å². The fourth-order valence-electron chi connectivity index (χ4n) is 4.63. The maximum atomic E-state index is 4.67. The molecule has 0 amide bonds. The van der Waals surface area contributed by atoms with Crippen molar-refractivity contribution >= 4 is 17.2 Å². The molecule has 5 heterocycles. The highest BCUT2D eigenvalue weighted by Crippen LogP contribution is 2.27. The van der Waals surface area contributed by atoms with E-state index in [1.165, 1.54) is 24.1 Å². The van der Waals surface area contributed by atoms with Gasteiger partial charge in [0.05, 0.1) is 23.6 Å². The number of rotatable bonds is 7. The van der Waals surface area contributed by atoms with Crippen molar-refractivity contribution < 1.29 is 0 Å². The molecule has 1 fully saturated rings. The summed E-state index contributed by atoms with van der Waals surface area (Å²) in [4.78, 5) is 14.0. The molecule has 33 heavy (non-hydrogen) atoms. The lowest BCUT2D eigenvalue weighted by molar-refractivity contribution is 0.489. The summed E-state index contributed by atoms with van der Waals surface area (Å²) in [6.07, 6.45) is 15.4. The summed E-state index contributed by atoms with van der Waals surface area (Å²) in [6.45, 7) is 8.15. The Morgan fingerprint density at radius 2 is 1.55 bits per heavy atom. The van der Waals surface area contributed by atoms with Crippen LogP contribution in [0, 0.1) is 5.92 Å². The molecule has 0 spiro atoms. The van der Waals surface area contributed by atoms with Gasteiger partial charge in [-0.05, 0) is 24.0 Å². The maximum Gasteiger partial charge on any atom is 0.225 e. The lowest BCUT2D eigenvalue weighted by atomic mass is 9.96. The highest BCUT2D eigenvalue weighted by Gasteiger charge is 2.22. The van der Waals surface area contributed by atoms with E-state index in [2.05, 4.69) is 62.1 Å². The van der Waals surface area contributed by atoms with Crippen LogP contribution in [0.5, 0.6) is 0 Å². The molecular formula is C25H32N8. The van der Waals surface area contributed by atoms with Crippen LogP contribution in [0.4, 0.5) is 11.6 Å². The van der Waals surface area contributed by atoms with E-state index in [1.807, 2.05) is 47.2 Å². The van der Waals surface area contributed by atoms with Gasteiger partial charge < -0.3 is 9.80 Å². The van der Waals surface area contributed by atoms with Gasteiger partial charge in [0.25, 0.3) is 0 Å². The largest absolute Gasteiger partial charge is 0.365 e. The van der Waals surface area contributed by atoms with Gasteiger partial charge in [-0.2, -0.15) is 10.2 Å². The molecule has 0 radical (unpaired) electrons. The van der Waals surface area contributed by atoms with Crippen LogP contribution >= 0.6 is 0 Å². The van der Waals surface area contributed by atoms with Crippen molar-refractivity contribution in [1.82, 2.24) is 29.4 Å². The molecule has 4 aromatic rings. The van der Waals surface area contributed by atoms with Crippen LogP contribution in [0.3, 0.4) is 0 Å². The molecule has 0 aliphatic carbocycles. The Morgan fingerprint density at radius 1 is 0.818 bits per heavy atom. The Morgan fingerprint density at radius 3 is 2.21 bits per heavy atom. The normalized spacial score (nSPS) is 14.5. The van der Waals surface area contributed by atoms with Crippen molar-refractivity contribution in [1.29, 1.82) is 0 Å². The van der Waals surface area contributed by atoms with Crippen molar-refractivity contribution in [3.63, 3.8) is 0 Å². The molecule has 1 aliphatic rings. The molecule has 0 N–H and O–H groups in total. The lowest BCUT2D eigenvalue weighted by Crippen LogP contribution is -2.47. The molecule has 172 valence electrons. The number of aromatic nitrogens is 6. The Labute approximate surface area is 194 Å². The van der Waals surface area contributed by atoms with Crippen LogP contribution in [0.1, 0.15) is 32.3 Å². The number of aryl methyl sites for hydroxylation is 1. The van der Waals surface area contributed by atoms with Gasteiger partial charge in [-0.3, -0.25) is 4.68 Å². The van der Waals surface area contributed by atoms with Gasteiger partial charge >= 0.3 is 0 Å². The Kier molecular flexibility index (Phi) is 5.98. The van der Waals surface area contributed by atoms with E-state index in [1.54, 1.807) is 0 Å². The van der Waals surface area contributed by atoms with Crippen LogP contribution in [0.25, 0.3) is 16.6 Å². The van der Waals surface area contributed by atoms with Crippen molar-refractivity contribution in [3.05, 3.63) is 54.9 Å². The van der Waals surface area contributed by atoms with Gasteiger partial charge in [0.1, 0.15) is 0 Å². The highest BCUT2D eigenvalue weighted by atomic mass is 15.3. The fraction of sp³-hybridized carbons (Fsp3) is 0.440. The number of hydrogen-bond acceptors (Lipinski definition) is 6. The average molecular weight is 445 g/mol. The summed E-state index contributed by atoms with van der Waals surface area (Å²) in [5, 5.41) is 8.89. The molecule has 5 rings (SSSR count). The fourth-order valence-corrected chi connectivity index (χ4v) is 4.63. The summed E-state index contributed by atoms with van der Waals surface area (Å²) in [5.74, 6) is 1.55. The van der Waals surface area contributed by atoms with E-state index in [4.69, 9.17) is 0 Å². The summed E-state index contributed by atoms with van der Waals surface area (Å²) in [7, 11) is 1.93. The third-order valence-electron chi connectivity index (χ3n) is 6.81. The molecule has 8 nitrogen and oxygen atoms in total. The summed E-state index contributed by atoms with van der Waals surface area (Å²) >= 11 is 0. The quantitative estimate of drug-likeness (QED) is 0.432. The molecule has 0 saturated carbocycles. The minimum Gasteiger partial charge on any atom is -0.365 e. The number of nitrogens with zero attached hydrogens (tertiary/aromatic N) is 8. The van der Waals surface area contributed by atoms with E-state index in [-0.39, 0.29) is 0 Å². The summed E-state index contributed by atoms with van der Waals surface area (Å²) in [5.41, 5.74) is 5.74. The molecule has 4 aromatic heterocycles. The number of fused-ring (bicyclic) bond motifs is 1. The van der Waals surface area contributed by atoms with E-state index in [0.29, 0.717) is 5.92 Å². The molecule has 0 atom stereocenters. The molecule has 1 aliphatic heterocycles. The molecule has 8 heteroatoms. The monoisotopic (exact) mass is 444 g/mol. The SMILES string of the molecule is CCC(CC)Cc1cnc(N2CCN(c3cnn4cc(-c5cnn(C)c5)ccc34)CC2)nc1. The van der Waals surface area contributed by atoms with Crippen LogP contribution < -0.4 is 9.80 Å². The first-order valence-electron chi connectivity index (χ1n) is 11.9. The zero-order valence-electron chi connectivity index (χ0n) is 19.7. The van der Waals surface area contributed by atoms with Gasteiger partial charge in [0.15, 0.2) is 0 Å². The van der Waals surface area contributed by atoms with Crippen molar-refractivity contribution in [2.24, 2.45) is 13.0 Å². The summed E-state index contributed by atoms with van der Waals surface area (Å²) < 4.78 is 3.78. The minimum atomic E-state index is 0.717. The van der Waals surface area contributed by atoms with Crippen molar-refractivity contribution in [2.45, 2.75) is 33.1 Å². The molecule has 0 unspecified atom stereocenters. The average Bonchev–Trinajstić information content (AvgIpc) is 3.49. The van der Waals surface area contributed by atoms with Crippen LogP contribution in [0.15, 0.2) is 49.3 Å². The topological polar surface area (TPSA) is 67.4 Å². The molecule has 1 saturated heterocycles. The molecule has 0 aromatic carbocycles. The summed E-state index contributed by atoms with van der Waals surface area (Å²) in [6, 6.07) is 4.30. The lowest BCUT2D eigenvalue weighted by Gasteiger charge is -2.35. The number of anilines is 2. The number of piperazine rings is 1. The Bertz CT molecular complexity index is 1200. The first-order valence-corrected chi connectivity index (χ1v) is 11.9. The molecular weight excluding hydrogens is 412 g/mol. The van der Waals surface area contributed by atoms with Crippen LogP contribution in [-0.2, 0) is 13.5 Å². The van der Waals surface area contributed by atoms with E-state index < -0.39 is 0 Å².